The predicted molar refractivity (Wildman–Crippen MR) is 82.2 cm³/mol. The Balaban J connectivity index is 2.61. The van der Waals surface area contributed by atoms with Crippen LogP contribution in [0.25, 0.3) is 0 Å². The molecular formula is C15H24N3O4+. The van der Waals surface area contributed by atoms with Gasteiger partial charge in [0.2, 0.25) is 0 Å². The SMILES string of the molecule is COc1ccc(CC[NH+](C)[C@H](C)C(=O)NC(N)=O)cc1OC. The number of urea groups is 1. The number of hydrogen-bond acceptors (Lipinski definition) is 4. The highest BCUT2D eigenvalue weighted by Gasteiger charge is 2.22. The fourth-order valence-electron chi connectivity index (χ4n) is 2.05. The summed E-state index contributed by atoms with van der Waals surface area (Å²) >= 11 is 0. The van der Waals surface area contributed by atoms with E-state index in [0.29, 0.717) is 11.5 Å². The van der Waals surface area contributed by atoms with Gasteiger partial charge in [-0.15, -0.1) is 0 Å². The highest BCUT2D eigenvalue weighted by molar-refractivity contribution is 5.95. The molecule has 0 saturated carbocycles. The molecule has 1 rings (SSSR count). The molecule has 0 aliphatic rings. The van der Waals surface area contributed by atoms with E-state index in [-0.39, 0.29) is 11.9 Å². The molecule has 4 N–H and O–H groups in total. The first-order chi connectivity index (χ1) is 10.4. The van der Waals surface area contributed by atoms with Gasteiger partial charge in [-0.1, -0.05) is 6.07 Å². The van der Waals surface area contributed by atoms with Gasteiger partial charge in [0.05, 0.1) is 27.8 Å². The summed E-state index contributed by atoms with van der Waals surface area (Å²) in [5.74, 6) is 0.982. The Bertz CT molecular complexity index is 534. The second-order valence-electron chi connectivity index (χ2n) is 5.11. The lowest BCUT2D eigenvalue weighted by Crippen LogP contribution is -3.14. The number of carbonyl (C=O) groups is 2. The molecule has 1 aromatic carbocycles. The van der Waals surface area contributed by atoms with Crippen LogP contribution in [0.4, 0.5) is 4.79 Å². The number of carbonyl (C=O) groups excluding carboxylic acids is 2. The highest BCUT2D eigenvalue weighted by atomic mass is 16.5. The summed E-state index contributed by atoms with van der Waals surface area (Å²) in [5.41, 5.74) is 6.03. The molecule has 0 aliphatic carbocycles. The van der Waals surface area contributed by atoms with E-state index in [0.717, 1.165) is 23.4 Å². The monoisotopic (exact) mass is 310 g/mol. The summed E-state index contributed by atoms with van der Waals surface area (Å²) in [6.45, 7) is 2.48. The summed E-state index contributed by atoms with van der Waals surface area (Å²) in [4.78, 5) is 23.4. The summed E-state index contributed by atoms with van der Waals surface area (Å²) < 4.78 is 10.5. The van der Waals surface area contributed by atoms with E-state index in [1.807, 2.05) is 25.2 Å². The third kappa shape index (κ3) is 4.92. The lowest BCUT2D eigenvalue weighted by atomic mass is 10.1. The lowest BCUT2D eigenvalue weighted by molar-refractivity contribution is -0.894. The third-order valence-corrected chi connectivity index (χ3v) is 3.63. The Morgan fingerprint density at radius 1 is 1.27 bits per heavy atom. The molecule has 1 aromatic rings. The van der Waals surface area contributed by atoms with Gasteiger partial charge in [0, 0.05) is 6.42 Å². The van der Waals surface area contributed by atoms with Gasteiger partial charge in [0.25, 0.3) is 5.91 Å². The Morgan fingerprint density at radius 2 is 1.91 bits per heavy atom. The van der Waals surface area contributed by atoms with E-state index >= 15 is 0 Å². The zero-order valence-corrected chi connectivity index (χ0v) is 13.4. The van der Waals surface area contributed by atoms with Crippen LogP contribution in [-0.4, -0.2) is 45.8 Å². The Labute approximate surface area is 130 Å². The lowest BCUT2D eigenvalue weighted by Gasteiger charge is -2.20. The Kier molecular flexibility index (Phi) is 6.65. The molecule has 3 amide bonds. The Hall–Kier alpha value is -2.28. The molecule has 0 saturated heterocycles. The van der Waals surface area contributed by atoms with Crippen molar-refractivity contribution in [3.8, 4) is 11.5 Å². The summed E-state index contributed by atoms with van der Waals surface area (Å²) in [6, 6.07) is 4.53. The minimum Gasteiger partial charge on any atom is -0.493 e. The molecule has 0 heterocycles. The second-order valence-corrected chi connectivity index (χ2v) is 5.11. The Morgan fingerprint density at radius 3 is 2.45 bits per heavy atom. The van der Waals surface area contributed by atoms with Gasteiger partial charge in [0.1, 0.15) is 0 Å². The van der Waals surface area contributed by atoms with Crippen LogP contribution in [0, 0.1) is 0 Å². The van der Waals surface area contributed by atoms with Crippen molar-refractivity contribution in [3.05, 3.63) is 23.8 Å². The third-order valence-electron chi connectivity index (χ3n) is 3.63. The number of quaternary nitrogens is 1. The van der Waals surface area contributed by atoms with Crippen molar-refractivity contribution in [3.63, 3.8) is 0 Å². The van der Waals surface area contributed by atoms with Crippen LogP contribution in [0.1, 0.15) is 12.5 Å². The van der Waals surface area contributed by atoms with Crippen molar-refractivity contribution in [2.24, 2.45) is 5.73 Å². The van der Waals surface area contributed by atoms with Crippen molar-refractivity contribution in [2.75, 3.05) is 27.8 Å². The maximum absolute atomic E-state index is 11.7. The molecular weight excluding hydrogens is 286 g/mol. The van der Waals surface area contributed by atoms with Crippen LogP contribution in [0.2, 0.25) is 0 Å². The van der Waals surface area contributed by atoms with Crippen molar-refractivity contribution in [2.45, 2.75) is 19.4 Å². The van der Waals surface area contributed by atoms with Gasteiger partial charge in [-0.05, 0) is 24.6 Å². The number of imide groups is 1. The molecule has 0 radical (unpaired) electrons. The molecule has 7 heteroatoms. The van der Waals surface area contributed by atoms with Crippen molar-refractivity contribution < 1.29 is 24.0 Å². The van der Waals surface area contributed by atoms with Crippen LogP contribution in [0.5, 0.6) is 11.5 Å². The molecule has 0 spiro atoms. The largest absolute Gasteiger partial charge is 0.493 e. The average Bonchev–Trinajstić information content (AvgIpc) is 2.50. The first kappa shape index (κ1) is 17.8. The van der Waals surface area contributed by atoms with Crippen LogP contribution >= 0.6 is 0 Å². The fraction of sp³-hybridized carbons (Fsp3) is 0.467. The number of likely N-dealkylation sites (N-methyl/N-ethyl adjacent to an activating group) is 1. The van der Waals surface area contributed by atoms with E-state index in [2.05, 4.69) is 5.32 Å². The number of amides is 3. The van der Waals surface area contributed by atoms with Crippen molar-refractivity contribution in [1.82, 2.24) is 5.32 Å². The maximum atomic E-state index is 11.7. The zero-order chi connectivity index (χ0) is 16.7. The number of benzene rings is 1. The van der Waals surface area contributed by atoms with Crippen LogP contribution in [0.15, 0.2) is 18.2 Å². The number of methoxy groups -OCH3 is 2. The number of primary amides is 1. The molecule has 0 aromatic heterocycles. The van der Waals surface area contributed by atoms with Crippen LogP contribution < -0.4 is 25.4 Å². The van der Waals surface area contributed by atoms with Crippen LogP contribution in [-0.2, 0) is 11.2 Å². The number of hydrogen-bond donors (Lipinski definition) is 3. The minimum absolute atomic E-state index is 0.368. The van der Waals surface area contributed by atoms with Gasteiger partial charge in [-0.2, -0.15) is 0 Å². The molecule has 0 bridgehead atoms. The van der Waals surface area contributed by atoms with Gasteiger partial charge < -0.3 is 20.1 Å². The quantitative estimate of drug-likeness (QED) is 0.623. The first-order valence-corrected chi connectivity index (χ1v) is 7.02. The van der Waals surface area contributed by atoms with E-state index < -0.39 is 6.03 Å². The number of rotatable bonds is 7. The minimum atomic E-state index is -0.829. The fourth-order valence-corrected chi connectivity index (χ4v) is 2.05. The van der Waals surface area contributed by atoms with Crippen LogP contribution in [0.3, 0.4) is 0 Å². The van der Waals surface area contributed by atoms with Gasteiger partial charge in [-0.25, -0.2) is 4.79 Å². The van der Waals surface area contributed by atoms with E-state index in [1.165, 1.54) is 0 Å². The van der Waals surface area contributed by atoms with Gasteiger partial charge in [-0.3, -0.25) is 10.1 Å². The molecule has 2 atom stereocenters. The number of nitrogens with two attached hydrogens (primary N) is 1. The summed E-state index contributed by atoms with van der Waals surface area (Å²) in [7, 11) is 5.08. The van der Waals surface area contributed by atoms with E-state index in [1.54, 1.807) is 21.1 Å². The molecule has 22 heavy (non-hydrogen) atoms. The smallest absolute Gasteiger partial charge is 0.319 e. The summed E-state index contributed by atoms with van der Waals surface area (Å²) in [6.07, 6.45) is 0.764. The van der Waals surface area contributed by atoms with E-state index in [9.17, 15) is 9.59 Å². The van der Waals surface area contributed by atoms with Gasteiger partial charge in [0.15, 0.2) is 17.5 Å². The van der Waals surface area contributed by atoms with Crippen molar-refractivity contribution >= 4 is 11.9 Å². The van der Waals surface area contributed by atoms with E-state index in [4.69, 9.17) is 15.2 Å². The molecule has 7 nitrogen and oxygen atoms in total. The maximum Gasteiger partial charge on any atom is 0.319 e. The second kappa shape index (κ2) is 8.23. The topological polar surface area (TPSA) is 95.1 Å². The normalized spacial score (nSPS) is 13.1. The molecule has 0 fully saturated rings. The molecule has 0 aliphatic heterocycles. The number of ether oxygens (including phenoxy) is 2. The highest BCUT2D eigenvalue weighted by Crippen LogP contribution is 2.27. The first-order valence-electron chi connectivity index (χ1n) is 7.02. The zero-order valence-electron chi connectivity index (χ0n) is 13.4. The standard InChI is InChI=1S/C15H23N3O4/c1-10(14(19)17-15(16)20)18(2)8-7-11-5-6-12(21-3)13(9-11)22-4/h5-6,9-10H,7-8H2,1-4H3,(H3,16,17,19,20)/p+1/t10-/m1/s1. The van der Waals surface area contributed by atoms with Crippen molar-refractivity contribution in [1.29, 1.82) is 0 Å². The predicted octanol–water partition coefficient (Wildman–Crippen LogP) is -0.656. The average molecular weight is 310 g/mol. The summed E-state index contributed by atoms with van der Waals surface area (Å²) in [5, 5.41) is 2.10. The van der Waals surface area contributed by atoms with Gasteiger partial charge >= 0.3 is 6.03 Å². The molecule has 1 unspecified atom stereocenters. The number of nitrogens with one attached hydrogen (secondary N) is 2. The molecule has 122 valence electrons.